The molecule has 11 nitrogen and oxygen atoms in total. The summed E-state index contributed by atoms with van der Waals surface area (Å²) in [6, 6.07) is 4.53. The van der Waals surface area contributed by atoms with Crippen LogP contribution in [0.25, 0.3) is 10.9 Å². The molecule has 3 atom stereocenters. The number of carboxylic acids is 1. The molecule has 11 heteroatoms. The number of benzene rings is 1. The fourth-order valence-electron chi connectivity index (χ4n) is 3.05. The fourth-order valence-corrected chi connectivity index (χ4v) is 3.05. The largest absolute Gasteiger partial charge is 0.480 e. The highest BCUT2D eigenvalue weighted by Crippen LogP contribution is 2.19. The molecule has 2 rings (SSSR count). The highest BCUT2D eigenvalue weighted by Gasteiger charge is 2.26. The van der Waals surface area contributed by atoms with Crippen molar-refractivity contribution in [2.45, 2.75) is 44.3 Å². The molecule has 1 heterocycles. The molecule has 0 fully saturated rings. The van der Waals surface area contributed by atoms with Crippen LogP contribution in [-0.2, 0) is 20.8 Å². The number of carbonyl (C=O) groups excluding carboxylic acids is 2. The molecule has 2 aromatic rings. The van der Waals surface area contributed by atoms with Gasteiger partial charge >= 0.3 is 5.97 Å². The summed E-state index contributed by atoms with van der Waals surface area (Å²) in [6.45, 7) is 1.80. The number of rotatable bonds is 11. The van der Waals surface area contributed by atoms with Crippen molar-refractivity contribution in [1.82, 2.24) is 15.6 Å². The zero-order valence-electron chi connectivity index (χ0n) is 17.3. The van der Waals surface area contributed by atoms with E-state index in [1.165, 1.54) is 6.92 Å². The van der Waals surface area contributed by atoms with Gasteiger partial charge in [-0.25, -0.2) is 4.79 Å². The highest BCUT2D eigenvalue weighted by molar-refractivity contribution is 5.92. The zero-order valence-corrected chi connectivity index (χ0v) is 17.3. The third-order valence-electron chi connectivity index (χ3n) is 4.77. The second-order valence-corrected chi connectivity index (χ2v) is 7.25. The molecule has 0 radical (unpaired) electrons. The minimum Gasteiger partial charge on any atom is -0.480 e. The first kappa shape index (κ1) is 23.7. The Labute approximate surface area is 179 Å². The lowest BCUT2D eigenvalue weighted by Gasteiger charge is -2.20. The molecular formula is C20H29N7O4. The Morgan fingerprint density at radius 1 is 1.16 bits per heavy atom. The first-order valence-electron chi connectivity index (χ1n) is 9.88. The van der Waals surface area contributed by atoms with Crippen LogP contribution in [0.1, 0.15) is 25.3 Å². The fraction of sp³-hybridized carbons (Fsp3) is 0.400. The van der Waals surface area contributed by atoms with Gasteiger partial charge in [-0.05, 0) is 31.4 Å². The number of carboxylic acid groups (broad SMARTS) is 1. The maximum Gasteiger partial charge on any atom is 0.326 e. The summed E-state index contributed by atoms with van der Waals surface area (Å²) in [6.07, 6.45) is 2.64. The first-order valence-corrected chi connectivity index (χ1v) is 9.88. The number of hydrogen-bond acceptors (Lipinski definition) is 5. The van der Waals surface area contributed by atoms with E-state index in [-0.39, 0.29) is 12.4 Å². The summed E-state index contributed by atoms with van der Waals surface area (Å²) in [5.41, 5.74) is 17.9. The van der Waals surface area contributed by atoms with Crippen LogP contribution >= 0.6 is 0 Å². The summed E-state index contributed by atoms with van der Waals surface area (Å²) in [7, 11) is 0. The number of para-hydroxylation sites is 1. The predicted molar refractivity (Wildman–Crippen MR) is 117 cm³/mol. The molecule has 0 spiro atoms. The third kappa shape index (κ3) is 7.00. The van der Waals surface area contributed by atoms with E-state index in [2.05, 4.69) is 20.6 Å². The molecule has 0 saturated carbocycles. The number of aromatic nitrogens is 1. The number of hydrogen-bond donors (Lipinski definition) is 7. The Bertz CT molecular complexity index is 952. The number of aromatic amines is 1. The monoisotopic (exact) mass is 431 g/mol. The van der Waals surface area contributed by atoms with E-state index in [4.69, 9.17) is 17.2 Å². The molecule has 0 aliphatic heterocycles. The molecular weight excluding hydrogens is 402 g/mol. The van der Waals surface area contributed by atoms with Gasteiger partial charge in [-0.2, -0.15) is 0 Å². The van der Waals surface area contributed by atoms with Gasteiger partial charge in [0.2, 0.25) is 11.8 Å². The molecule has 0 saturated heterocycles. The van der Waals surface area contributed by atoms with Crippen molar-refractivity contribution in [2.24, 2.45) is 22.2 Å². The van der Waals surface area contributed by atoms with Gasteiger partial charge in [0.15, 0.2) is 5.96 Å². The maximum atomic E-state index is 12.5. The van der Waals surface area contributed by atoms with E-state index in [1.54, 1.807) is 6.20 Å². The lowest BCUT2D eigenvalue weighted by Crippen LogP contribution is -2.53. The second kappa shape index (κ2) is 11.0. The standard InChI is InChI=1S/C20H29N7O4/c1-11(26-18(29)14(21)6-4-8-24-20(22)23)17(28)27-16(19(30)31)9-12-10-25-15-7-3-2-5-13(12)15/h2-3,5,7,10-11,14,16,25H,4,6,8-9,21H2,1H3,(H,26,29)(H,27,28)(H,30,31)(H4,22,23,24). The van der Waals surface area contributed by atoms with Gasteiger partial charge in [-0.1, -0.05) is 18.2 Å². The number of aliphatic carboxylic acids is 1. The Kier molecular flexibility index (Phi) is 8.38. The Morgan fingerprint density at radius 3 is 2.55 bits per heavy atom. The van der Waals surface area contributed by atoms with Crippen molar-refractivity contribution < 1.29 is 19.5 Å². The van der Waals surface area contributed by atoms with Crippen LogP contribution in [0.15, 0.2) is 35.5 Å². The van der Waals surface area contributed by atoms with E-state index in [0.29, 0.717) is 19.4 Å². The average Bonchev–Trinajstić information content (AvgIpc) is 3.13. The number of nitrogens with two attached hydrogens (primary N) is 3. The highest BCUT2D eigenvalue weighted by atomic mass is 16.4. The lowest BCUT2D eigenvalue weighted by atomic mass is 10.0. The van der Waals surface area contributed by atoms with Crippen LogP contribution in [0.2, 0.25) is 0 Å². The zero-order chi connectivity index (χ0) is 23.0. The minimum absolute atomic E-state index is 0.0380. The van der Waals surface area contributed by atoms with E-state index < -0.39 is 35.9 Å². The minimum atomic E-state index is -1.17. The van der Waals surface area contributed by atoms with Crippen LogP contribution in [0.4, 0.5) is 0 Å². The van der Waals surface area contributed by atoms with Crippen LogP contribution < -0.4 is 27.8 Å². The number of fused-ring (bicyclic) bond motifs is 1. The molecule has 0 bridgehead atoms. The quantitative estimate of drug-likeness (QED) is 0.136. The van der Waals surface area contributed by atoms with E-state index >= 15 is 0 Å². The van der Waals surface area contributed by atoms with Crippen molar-refractivity contribution in [3.8, 4) is 0 Å². The number of aliphatic imine (C=N–C) groups is 1. The van der Waals surface area contributed by atoms with Gasteiger partial charge in [-0.15, -0.1) is 0 Å². The van der Waals surface area contributed by atoms with Gasteiger partial charge in [0.05, 0.1) is 6.04 Å². The molecule has 1 aromatic heterocycles. The topological polar surface area (TPSA) is 202 Å². The van der Waals surface area contributed by atoms with Crippen molar-refractivity contribution in [2.75, 3.05) is 6.54 Å². The number of guanidine groups is 1. The van der Waals surface area contributed by atoms with Crippen molar-refractivity contribution in [1.29, 1.82) is 0 Å². The molecule has 3 unspecified atom stereocenters. The molecule has 0 aliphatic carbocycles. The SMILES string of the molecule is CC(NC(=O)C(N)CCCN=C(N)N)C(=O)NC(Cc1c[nH]c2ccccc12)C(=O)O. The molecule has 168 valence electrons. The Balaban J connectivity index is 1.90. The molecule has 0 aliphatic rings. The summed E-state index contributed by atoms with van der Waals surface area (Å²) in [4.78, 5) is 43.2. The van der Waals surface area contributed by atoms with E-state index in [1.807, 2.05) is 24.3 Å². The number of nitrogens with zero attached hydrogens (tertiary/aromatic N) is 1. The molecule has 2 amide bonds. The van der Waals surface area contributed by atoms with Crippen molar-refractivity contribution in [3.63, 3.8) is 0 Å². The van der Waals surface area contributed by atoms with Crippen LogP contribution in [0, 0.1) is 0 Å². The summed E-state index contributed by atoms with van der Waals surface area (Å²) in [5, 5.41) is 15.4. The maximum absolute atomic E-state index is 12.5. The Morgan fingerprint density at radius 2 is 1.87 bits per heavy atom. The van der Waals surface area contributed by atoms with Crippen molar-refractivity contribution in [3.05, 3.63) is 36.0 Å². The predicted octanol–water partition coefficient (Wildman–Crippen LogP) is -0.835. The number of amides is 2. The summed E-state index contributed by atoms with van der Waals surface area (Å²) < 4.78 is 0. The van der Waals surface area contributed by atoms with Crippen LogP contribution in [0.3, 0.4) is 0 Å². The van der Waals surface area contributed by atoms with Gasteiger partial charge < -0.3 is 37.9 Å². The normalized spacial score (nSPS) is 13.7. The molecule has 1 aromatic carbocycles. The van der Waals surface area contributed by atoms with Gasteiger partial charge in [-0.3, -0.25) is 14.6 Å². The Hall–Kier alpha value is -3.60. The smallest absolute Gasteiger partial charge is 0.326 e. The van der Waals surface area contributed by atoms with Crippen LogP contribution in [0.5, 0.6) is 0 Å². The van der Waals surface area contributed by atoms with E-state index in [9.17, 15) is 19.5 Å². The number of nitrogens with one attached hydrogen (secondary N) is 3. The van der Waals surface area contributed by atoms with Gasteiger partial charge in [0.25, 0.3) is 0 Å². The van der Waals surface area contributed by atoms with Crippen molar-refractivity contribution >= 4 is 34.6 Å². The summed E-state index contributed by atoms with van der Waals surface area (Å²) >= 11 is 0. The third-order valence-corrected chi connectivity index (χ3v) is 4.77. The first-order chi connectivity index (χ1) is 14.7. The molecule has 10 N–H and O–H groups in total. The lowest BCUT2D eigenvalue weighted by molar-refractivity contribution is -0.142. The molecule has 31 heavy (non-hydrogen) atoms. The number of H-pyrrole nitrogens is 1. The second-order valence-electron chi connectivity index (χ2n) is 7.25. The van der Waals surface area contributed by atoms with Crippen LogP contribution in [-0.4, -0.2) is 58.5 Å². The summed E-state index contributed by atoms with van der Waals surface area (Å²) in [5.74, 6) is -2.35. The average molecular weight is 431 g/mol. The number of carbonyl (C=O) groups is 3. The van der Waals surface area contributed by atoms with Gasteiger partial charge in [0, 0.05) is 30.1 Å². The van der Waals surface area contributed by atoms with E-state index in [0.717, 1.165) is 16.5 Å². The van der Waals surface area contributed by atoms with Gasteiger partial charge in [0.1, 0.15) is 12.1 Å².